The van der Waals surface area contributed by atoms with Crippen molar-refractivity contribution in [2.75, 3.05) is 7.11 Å². The van der Waals surface area contributed by atoms with E-state index in [4.69, 9.17) is 26.8 Å². The predicted octanol–water partition coefficient (Wildman–Crippen LogP) is 4.09. The van der Waals surface area contributed by atoms with E-state index in [2.05, 4.69) is 0 Å². The minimum Gasteiger partial charge on any atom is -0.497 e. The third-order valence-corrected chi connectivity index (χ3v) is 3.47. The summed E-state index contributed by atoms with van der Waals surface area (Å²) in [7, 11) is 1.60. The molecule has 0 aliphatic carbocycles. The second kappa shape index (κ2) is 6.78. The Morgan fingerprint density at radius 3 is 2.38 bits per heavy atom. The summed E-state index contributed by atoms with van der Waals surface area (Å²) in [5, 5.41) is 0.316. The van der Waals surface area contributed by atoms with Crippen LogP contribution in [0, 0.1) is 5.82 Å². The van der Waals surface area contributed by atoms with Gasteiger partial charge in [-0.05, 0) is 48.9 Å². The van der Waals surface area contributed by atoms with E-state index in [1.54, 1.807) is 38.3 Å². The Labute approximate surface area is 128 Å². The zero-order valence-electron chi connectivity index (χ0n) is 11.9. The first kappa shape index (κ1) is 15.6. The standard InChI is InChI=1S/C16H17ClFNO2/c1-10(19)14-7-11(18)8-16(17)15(14)9-21-13-5-3-12(20-2)4-6-13/h3-8,10H,9,19H2,1-2H3. The van der Waals surface area contributed by atoms with Crippen molar-refractivity contribution in [3.8, 4) is 11.5 Å². The van der Waals surface area contributed by atoms with Crippen molar-refractivity contribution in [3.05, 3.63) is 58.4 Å². The molecule has 0 saturated carbocycles. The molecule has 0 spiro atoms. The Balaban J connectivity index is 2.18. The van der Waals surface area contributed by atoms with Crippen LogP contribution in [0.15, 0.2) is 36.4 Å². The van der Waals surface area contributed by atoms with Crippen LogP contribution >= 0.6 is 11.6 Å². The van der Waals surface area contributed by atoms with Gasteiger partial charge in [-0.25, -0.2) is 4.39 Å². The van der Waals surface area contributed by atoms with Crippen LogP contribution < -0.4 is 15.2 Å². The number of hydrogen-bond acceptors (Lipinski definition) is 3. The zero-order valence-corrected chi connectivity index (χ0v) is 12.7. The van der Waals surface area contributed by atoms with Gasteiger partial charge in [-0.3, -0.25) is 0 Å². The van der Waals surface area contributed by atoms with Crippen molar-refractivity contribution in [1.82, 2.24) is 0 Å². The zero-order chi connectivity index (χ0) is 15.4. The van der Waals surface area contributed by atoms with E-state index < -0.39 is 5.82 Å². The maximum atomic E-state index is 13.4. The van der Waals surface area contributed by atoms with Crippen molar-refractivity contribution >= 4 is 11.6 Å². The van der Waals surface area contributed by atoms with Gasteiger partial charge in [0.2, 0.25) is 0 Å². The molecule has 2 aromatic carbocycles. The van der Waals surface area contributed by atoms with E-state index in [1.165, 1.54) is 12.1 Å². The molecule has 21 heavy (non-hydrogen) atoms. The van der Waals surface area contributed by atoms with Crippen molar-refractivity contribution in [3.63, 3.8) is 0 Å². The Hall–Kier alpha value is -1.78. The fourth-order valence-electron chi connectivity index (χ4n) is 2.01. The molecule has 0 aliphatic heterocycles. The van der Waals surface area contributed by atoms with Crippen molar-refractivity contribution < 1.29 is 13.9 Å². The van der Waals surface area contributed by atoms with E-state index in [1.807, 2.05) is 0 Å². The SMILES string of the molecule is COc1ccc(OCc2c(Cl)cc(F)cc2C(C)N)cc1. The number of benzene rings is 2. The lowest BCUT2D eigenvalue weighted by molar-refractivity contribution is 0.303. The van der Waals surface area contributed by atoms with Crippen LogP contribution in [0.1, 0.15) is 24.1 Å². The minimum absolute atomic E-state index is 0.225. The molecule has 3 nitrogen and oxygen atoms in total. The van der Waals surface area contributed by atoms with Crippen LogP contribution in [-0.2, 0) is 6.61 Å². The summed E-state index contributed by atoms with van der Waals surface area (Å²) in [5.74, 6) is 1.02. The van der Waals surface area contributed by atoms with Gasteiger partial charge in [0.25, 0.3) is 0 Å². The van der Waals surface area contributed by atoms with Gasteiger partial charge in [0.05, 0.1) is 12.1 Å². The fourth-order valence-corrected chi connectivity index (χ4v) is 2.28. The van der Waals surface area contributed by atoms with Crippen molar-refractivity contribution in [2.45, 2.75) is 19.6 Å². The number of methoxy groups -OCH3 is 1. The van der Waals surface area contributed by atoms with Crippen LogP contribution in [0.4, 0.5) is 4.39 Å². The number of halogens is 2. The molecule has 112 valence electrons. The molecule has 1 atom stereocenters. The van der Waals surface area contributed by atoms with E-state index in [0.717, 1.165) is 5.75 Å². The van der Waals surface area contributed by atoms with Crippen molar-refractivity contribution in [2.24, 2.45) is 5.73 Å². The number of rotatable bonds is 5. The molecule has 0 saturated heterocycles. The highest BCUT2D eigenvalue weighted by Crippen LogP contribution is 2.27. The first-order valence-electron chi connectivity index (χ1n) is 6.51. The van der Waals surface area contributed by atoms with Gasteiger partial charge in [-0.15, -0.1) is 0 Å². The van der Waals surface area contributed by atoms with Crippen LogP contribution in [0.5, 0.6) is 11.5 Å². The summed E-state index contributed by atoms with van der Waals surface area (Å²) >= 11 is 6.10. The highest BCUT2D eigenvalue weighted by atomic mass is 35.5. The molecule has 0 aliphatic rings. The second-order valence-corrected chi connectivity index (χ2v) is 5.12. The second-order valence-electron chi connectivity index (χ2n) is 4.71. The van der Waals surface area contributed by atoms with Gasteiger partial charge < -0.3 is 15.2 Å². The third kappa shape index (κ3) is 3.86. The van der Waals surface area contributed by atoms with Crippen LogP contribution in [0.3, 0.4) is 0 Å². The molecule has 2 aromatic rings. The summed E-state index contributed by atoms with van der Waals surface area (Å²) in [5.41, 5.74) is 7.21. The molecule has 0 amide bonds. The summed E-state index contributed by atoms with van der Waals surface area (Å²) in [6, 6.07) is 9.52. The molecule has 2 rings (SSSR count). The largest absolute Gasteiger partial charge is 0.497 e. The van der Waals surface area contributed by atoms with Gasteiger partial charge in [-0.1, -0.05) is 11.6 Å². The Morgan fingerprint density at radius 2 is 1.81 bits per heavy atom. The average molecular weight is 310 g/mol. The van der Waals surface area contributed by atoms with Gasteiger partial charge in [0, 0.05) is 11.6 Å². The first-order valence-corrected chi connectivity index (χ1v) is 6.89. The van der Waals surface area contributed by atoms with E-state index >= 15 is 0 Å². The monoisotopic (exact) mass is 309 g/mol. The molecular formula is C16H17ClFNO2. The van der Waals surface area contributed by atoms with Crippen LogP contribution in [0.2, 0.25) is 5.02 Å². The molecular weight excluding hydrogens is 293 g/mol. The maximum Gasteiger partial charge on any atom is 0.125 e. The van der Waals surface area contributed by atoms with Gasteiger partial charge >= 0.3 is 0 Å². The molecule has 5 heteroatoms. The number of hydrogen-bond donors (Lipinski definition) is 1. The van der Waals surface area contributed by atoms with E-state index in [0.29, 0.717) is 21.9 Å². The maximum absolute atomic E-state index is 13.4. The summed E-state index contributed by atoms with van der Waals surface area (Å²) < 4.78 is 24.2. The van der Waals surface area contributed by atoms with E-state index in [-0.39, 0.29) is 12.6 Å². The fraction of sp³-hybridized carbons (Fsp3) is 0.250. The predicted molar refractivity (Wildman–Crippen MR) is 81.3 cm³/mol. The highest BCUT2D eigenvalue weighted by molar-refractivity contribution is 6.31. The Kier molecular flexibility index (Phi) is 5.04. The summed E-state index contributed by atoms with van der Waals surface area (Å²) in [4.78, 5) is 0. The van der Waals surface area contributed by atoms with Gasteiger partial charge in [-0.2, -0.15) is 0 Å². The normalized spacial score (nSPS) is 12.0. The average Bonchev–Trinajstić information content (AvgIpc) is 2.46. The minimum atomic E-state index is -0.402. The van der Waals surface area contributed by atoms with E-state index in [9.17, 15) is 4.39 Å². The summed E-state index contributed by atoms with van der Waals surface area (Å²) in [6.45, 7) is 2.00. The van der Waals surface area contributed by atoms with Gasteiger partial charge in [0.15, 0.2) is 0 Å². The molecule has 0 fully saturated rings. The Morgan fingerprint density at radius 1 is 1.19 bits per heavy atom. The molecule has 0 aromatic heterocycles. The highest BCUT2D eigenvalue weighted by Gasteiger charge is 2.13. The lowest BCUT2D eigenvalue weighted by atomic mass is 10.0. The topological polar surface area (TPSA) is 44.5 Å². The quantitative estimate of drug-likeness (QED) is 0.905. The summed E-state index contributed by atoms with van der Waals surface area (Å²) in [6.07, 6.45) is 0. The third-order valence-electron chi connectivity index (χ3n) is 3.13. The number of ether oxygens (including phenoxy) is 2. The Bertz CT molecular complexity index is 614. The molecule has 1 unspecified atom stereocenters. The van der Waals surface area contributed by atoms with Crippen LogP contribution in [0.25, 0.3) is 0 Å². The smallest absolute Gasteiger partial charge is 0.125 e. The molecule has 0 radical (unpaired) electrons. The van der Waals surface area contributed by atoms with Crippen molar-refractivity contribution in [1.29, 1.82) is 0 Å². The first-order chi connectivity index (χ1) is 10.0. The number of nitrogens with two attached hydrogens (primary N) is 1. The molecule has 2 N–H and O–H groups in total. The molecule has 0 heterocycles. The lowest BCUT2D eigenvalue weighted by Gasteiger charge is -2.15. The van der Waals surface area contributed by atoms with Crippen LogP contribution in [-0.4, -0.2) is 7.11 Å². The molecule has 0 bridgehead atoms. The van der Waals surface area contributed by atoms with Gasteiger partial charge in [0.1, 0.15) is 23.9 Å². The lowest BCUT2D eigenvalue weighted by Crippen LogP contribution is -2.11.